The summed E-state index contributed by atoms with van der Waals surface area (Å²) in [5.41, 5.74) is 0. The van der Waals surface area contributed by atoms with Gasteiger partial charge in [0.2, 0.25) is 0 Å². The summed E-state index contributed by atoms with van der Waals surface area (Å²) in [6.45, 7) is 14.3. The molecule has 19 heavy (non-hydrogen) atoms. The Morgan fingerprint density at radius 1 is 1.11 bits per heavy atom. The van der Waals surface area contributed by atoms with Crippen molar-refractivity contribution in [3.8, 4) is 0 Å². The summed E-state index contributed by atoms with van der Waals surface area (Å²) in [5, 5.41) is 3.77. The van der Waals surface area contributed by atoms with Gasteiger partial charge in [-0.25, -0.2) is 0 Å². The van der Waals surface area contributed by atoms with Gasteiger partial charge < -0.3 is 10.2 Å². The van der Waals surface area contributed by atoms with Crippen LogP contribution in [0.15, 0.2) is 0 Å². The van der Waals surface area contributed by atoms with E-state index in [9.17, 15) is 0 Å². The summed E-state index contributed by atoms with van der Waals surface area (Å²) >= 11 is 0. The predicted octanol–water partition coefficient (Wildman–Crippen LogP) is 2.04. The van der Waals surface area contributed by atoms with Crippen molar-refractivity contribution >= 4 is 0 Å². The molecule has 1 heterocycles. The van der Waals surface area contributed by atoms with E-state index in [1.807, 2.05) is 0 Å². The fraction of sp³-hybridized carbons (Fsp3) is 1.00. The first-order chi connectivity index (χ1) is 9.02. The van der Waals surface area contributed by atoms with Crippen LogP contribution in [0.3, 0.4) is 0 Å². The Bertz CT molecular complexity index is 281. The maximum absolute atomic E-state index is 3.77. The minimum absolute atomic E-state index is 0.689. The molecule has 1 aliphatic carbocycles. The smallest absolute Gasteiger partial charge is 0.0279 e. The van der Waals surface area contributed by atoms with Crippen LogP contribution in [-0.4, -0.2) is 61.2 Å². The van der Waals surface area contributed by atoms with Gasteiger partial charge in [0.25, 0.3) is 0 Å². The summed E-state index contributed by atoms with van der Waals surface area (Å²) in [5.74, 6) is 1.69. The zero-order valence-corrected chi connectivity index (χ0v) is 13.5. The third-order valence-corrected chi connectivity index (χ3v) is 5.16. The van der Waals surface area contributed by atoms with Crippen molar-refractivity contribution in [3.63, 3.8) is 0 Å². The topological polar surface area (TPSA) is 18.5 Å². The number of rotatable bonds is 3. The van der Waals surface area contributed by atoms with Gasteiger partial charge in [0, 0.05) is 37.8 Å². The second kappa shape index (κ2) is 6.55. The first-order valence-electron chi connectivity index (χ1n) is 8.20. The highest BCUT2D eigenvalue weighted by molar-refractivity contribution is 4.97. The molecule has 0 aromatic carbocycles. The van der Waals surface area contributed by atoms with Crippen LogP contribution >= 0.6 is 0 Å². The quantitative estimate of drug-likeness (QED) is 0.844. The van der Waals surface area contributed by atoms with Crippen molar-refractivity contribution in [2.24, 2.45) is 11.8 Å². The molecule has 0 aromatic rings. The van der Waals surface area contributed by atoms with E-state index >= 15 is 0 Å². The van der Waals surface area contributed by atoms with Gasteiger partial charge in [0.15, 0.2) is 0 Å². The van der Waals surface area contributed by atoms with Crippen molar-refractivity contribution in [2.75, 3.05) is 33.2 Å². The molecule has 5 unspecified atom stereocenters. The predicted molar refractivity (Wildman–Crippen MR) is 82.5 cm³/mol. The van der Waals surface area contributed by atoms with E-state index in [0.29, 0.717) is 12.1 Å². The van der Waals surface area contributed by atoms with Crippen LogP contribution in [0.2, 0.25) is 0 Å². The van der Waals surface area contributed by atoms with Crippen LogP contribution < -0.4 is 5.32 Å². The molecular formula is C16H33N3. The van der Waals surface area contributed by atoms with Crippen molar-refractivity contribution < 1.29 is 0 Å². The normalized spacial score (nSPS) is 42.5. The van der Waals surface area contributed by atoms with Gasteiger partial charge in [-0.1, -0.05) is 20.8 Å². The molecule has 0 aromatic heterocycles. The monoisotopic (exact) mass is 267 g/mol. The van der Waals surface area contributed by atoms with E-state index in [4.69, 9.17) is 0 Å². The van der Waals surface area contributed by atoms with Gasteiger partial charge in [-0.2, -0.15) is 0 Å². The SMILES string of the molecule is CCNC1CC(C)CC(C)C1N1CCN(C)CC1C. The van der Waals surface area contributed by atoms with Gasteiger partial charge in [0.1, 0.15) is 0 Å². The Balaban J connectivity index is 2.09. The second-order valence-electron chi connectivity index (χ2n) is 7.06. The van der Waals surface area contributed by atoms with Crippen LogP contribution in [0.25, 0.3) is 0 Å². The maximum Gasteiger partial charge on any atom is 0.0279 e. The average molecular weight is 267 g/mol. The van der Waals surface area contributed by atoms with E-state index in [1.165, 1.54) is 32.5 Å². The molecule has 2 aliphatic rings. The lowest BCUT2D eigenvalue weighted by atomic mass is 9.75. The van der Waals surface area contributed by atoms with E-state index < -0.39 is 0 Å². The molecule has 1 N–H and O–H groups in total. The van der Waals surface area contributed by atoms with Crippen LogP contribution in [0.1, 0.15) is 40.5 Å². The molecule has 0 amide bonds. The zero-order chi connectivity index (χ0) is 14.0. The Morgan fingerprint density at radius 2 is 1.84 bits per heavy atom. The summed E-state index contributed by atoms with van der Waals surface area (Å²) in [7, 11) is 2.25. The molecule has 3 nitrogen and oxygen atoms in total. The number of likely N-dealkylation sites (N-methyl/N-ethyl adjacent to an activating group) is 2. The molecule has 5 atom stereocenters. The molecular weight excluding hydrogens is 234 g/mol. The standard InChI is InChI=1S/C16H33N3/c1-6-17-15-10-12(2)9-13(3)16(15)19-8-7-18(5)11-14(19)4/h12-17H,6-11H2,1-5H3. The molecule has 0 radical (unpaired) electrons. The highest BCUT2D eigenvalue weighted by atomic mass is 15.3. The Hall–Kier alpha value is -0.120. The number of hydrogen-bond acceptors (Lipinski definition) is 3. The van der Waals surface area contributed by atoms with Crippen molar-refractivity contribution in [3.05, 3.63) is 0 Å². The van der Waals surface area contributed by atoms with Crippen molar-refractivity contribution in [1.29, 1.82) is 0 Å². The van der Waals surface area contributed by atoms with Crippen LogP contribution in [0.5, 0.6) is 0 Å². The van der Waals surface area contributed by atoms with E-state index in [2.05, 4.69) is 49.9 Å². The number of nitrogens with zero attached hydrogens (tertiary/aromatic N) is 2. The minimum Gasteiger partial charge on any atom is -0.313 e. The van der Waals surface area contributed by atoms with Crippen LogP contribution in [-0.2, 0) is 0 Å². The van der Waals surface area contributed by atoms with Crippen LogP contribution in [0, 0.1) is 11.8 Å². The number of nitrogens with one attached hydrogen (secondary N) is 1. The maximum atomic E-state index is 3.77. The van der Waals surface area contributed by atoms with E-state index in [-0.39, 0.29) is 0 Å². The Labute approximate surface area is 119 Å². The van der Waals surface area contributed by atoms with Gasteiger partial charge in [-0.3, -0.25) is 4.90 Å². The molecule has 3 heteroatoms. The lowest BCUT2D eigenvalue weighted by Crippen LogP contribution is -2.63. The fourth-order valence-corrected chi connectivity index (χ4v) is 4.46. The molecule has 0 bridgehead atoms. The van der Waals surface area contributed by atoms with Gasteiger partial charge in [-0.15, -0.1) is 0 Å². The first kappa shape index (κ1) is 15.3. The highest BCUT2D eigenvalue weighted by Crippen LogP contribution is 2.34. The molecule has 1 saturated heterocycles. The Kier molecular flexibility index (Phi) is 5.27. The molecule has 2 fully saturated rings. The Morgan fingerprint density at radius 3 is 2.47 bits per heavy atom. The average Bonchev–Trinajstić information content (AvgIpc) is 2.31. The van der Waals surface area contributed by atoms with Gasteiger partial charge in [-0.05, 0) is 45.2 Å². The third kappa shape index (κ3) is 3.50. The third-order valence-electron chi connectivity index (χ3n) is 5.16. The lowest BCUT2D eigenvalue weighted by Gasteiger charge is -2.51. The number of piperazine rings is 1. The summed E-state index contributed by atoms with van der Waals surface area (Å²) in [6.07, 6.45) is 2.74. The van der Waals surface area contributed by atoms with Gasteiger partial charge >= 0.3 is 0 Å². The lowest BCUT2D eigenvalue weighted by molar-refractivity contribution is -0.00260. The fourth-order valence-electron chi connectivity index (χ4n) is 4.46. The van der Waals surface area contributed by atoms with Crippen molar-refractivity contribution in [1.82, 2.24) is 15.1 Å². The number of hydrogen-bond donors (Lipinski definition) is 1. The molecule has 2 rings (SSSR count). The second-order valence-corrected chi connectivity index (χ2v) is 7.06. The molecule has 1 aliphatic heterocycles. The summed E-state index contributed by atoms with van der Waals surface area (Å²) in [4.78, 5) is 5.27. The zero-order valence-electron chi connectivity index (χ0n) is 13.5. The summed E-state index contributed by atoms with van der Waals surface area (Å²) < 4.78 is 0. The van der Waals surface area contributed by atoms with Gasteiger partial charge in [0.05, 0.1) is 0 Å². The minimum atomic E-state index is 0.689. The van der Waals surface area contributed by atoms with Crippen molar-refractivity contribution in [2.45, 2.75) is 58.7 Å². The first-order valence-corrected chi connectivity index (χ1v) is 8.20. The molecule has 0 spiro atoms. The van der Waals surface area contributed by atoms with Crippen LogP contribution in [0.4, 0.5) is 0 Å². The highest BCUT2D eigenvalue weighted by Gasteiger charge is 2.40. The summed E-state index contributed by atoms with van der Waals surface area (Å²) in [6, 6.07) is 2.12. The largest absolute Gasteiger partial charge is 0.313 e. The molecule has 112 valence electrons. The van der Waals surface area contributed by atoms with E-state index in [0.717, 1.165) is 24.4 Å². The molecule has 1 saturated carbocycles. The van der Waals surface area contributed by atoms with E-state index in [1.54, 1.807) is 0 Å².